The fourth-order valence-corrected chi connectivity index (χ4v) is 1.25. The average molecular weight is 194 g/mol. The van der Waals surface area contributed by atoms with Crippen molar-refractivity contribution in [1.29, 1.82) is 0 Å². The minimum Gasteiger partial charge on any atom is -0.394 e. The van der Waals surface area contributed by atoms with E-state index in [-0.39, 0.29) is 6.61 Å². The fraction of sp³-hybridized carbons (Fsp3) is 0.500. The third kappa shape index (κ3) is 3.48. The van der Waals surface area contributed by atoms with E-state index in [2.05, 4.69) is 38.1 Å². The Kier molecular flexibility index (Phi) is 4.63. The van der Waals surface area contributed by atoms with Crippen molar-refractivity contribution in [1.82, 2.24) is 0 Å². The van der Waals surface area contributed by atoms with Crippen molar-refractivity contribution in [3.05, 3.63) is 35.4 Å². The van der Waals surface area contributed by atoms with E-state index in [4.69, 9.17) is 9.84 Å². The molecule has 2 nitrogen and oxygen atoms in total. The van der Waals surface area contributed by atoms with Gasteiger partial charge >= 0.3 is 0 Å². The molecule has 78 valence electrons. The SMILES string of the molecule is CC(C)c1ccc(COCCO)cc1. The van der Waals surface area contributed by atoms with Crippen molar-refractivity contribution in [3.8, 4) is 0 Å². The molecule has 0 radical (unpaired) electrons. The molecule has 0 bridgehead atoms. The van der Waals surface area contributed by atoms with Crippen molar-refractivity contribution >= 4 is 0 Å². The maximum absolute atomic E-state index is 8.54. The Balaban J connectivity index is 2.47. The van der Waals surface area contributed by atoms with Crippen LogP contribution in [0.1, 0.15) is 30.9 Å². The highest BCUT2D eigenvalue weighted by Gasteiger charge is 1.98. The summed E-state index contributed by atoms with van der Waals surface area (Å²) in [5.74, 6) is 0.572. The van der Waals surface area contributed by atoms with Crippen LogP contribution < -0.4 is 0 Å². The summed E-state index contributed by atoms with van der Waals surface area (Å²) in [5, 5.41) is 8.54. The van der Waals surface area contributed by atoms with Crippen LogP contribution >= 0.6 is 0 Å². The molecule has 1 aromatic carbocycles. The predicted molar refractivity (Wildman–Crippen MR) is 57.3 cm³/mol. The van der Waals surface area contributed by atoms with Crippen LogP contribution in [0.2, 0.25) is 0 Å². The highest BCUT2D eigenvalue weighted by molar-refractivity contribution is 5.24. The van der Waals surface area contributed by atoms with Crippen LogP contribution in [0.5, 0.6) is 0 Å². The zero-order valence-electron chi connectivity index (χ0n) is 8.86. The summed E-state index contributed by atoms with van der Waals surface area (Å²) in [5.41, 5.74) is 2.50. The van der Waals surface area contributed by atoms with Gasteiger partial charge in [-0.2, -0.15) is 0 Å². The smallest absolute Gasteiger partial charge is 0.0718 e. The van der Waals surface area contributed by atoms with Crippen LogP contribution in [0.4, 0.5) is 0 Å². The Morgan fingerprint density at radius 2 is 1.86 bits per heavy atom. The van der Waals surface area contributed by atoms with Gasteiger partial charge in [0.05, 0.1) is 19.8 Å². The van der Waals surface area contributed by atoms with E-state index in [1.54, 1.807) is 0 Å². The first-order valence-electron chi connectivity index (χ1n) is 5.01. The number of benzene rings is 1. The van der Waals surface area contributed by atoms with E-state index >= 15 is 0 Å². The monoisotopic (exact) mass is 194 g/mol. The second-order valence-corrected chi connectivity index (χ2v) is 3.67. The molecule has 0 saturated heterocycles. The third-order valence-electron chi connectivity index (χ3n) is 2.15. The molecule has 0 aliphatic rings. The molecule has 0 amide bonds. The van der Waals surface area contributed by atoms with Gasteiger partial charge < -0.3 is 9.84 Å². The summed E-state index contributed by atoms with van der Waals surface area (Å²) >= 11 is 0. The van der Waals surface area contributed by atoms with Crippen molar-refractivity contribution in [3.63, 3.8) is 0 Å². The molecule has 0 heterocycles. The number of aliphatic hydroxyl groups excluding tert-OH is 1. The van der Waals surface area contributed by atoms with Gasteiger partial charge in [0.2, 0.25) is 0 Å². The van der Waals surface area contributed by atoms with Crippen molar-refractivity contribution in [2.45, 2.75) is 26.4 Å². The lowest BCUT2D eigenvalue weighted by Crippen LogP contribution is -1.99. The second kappa shape index (κ2) is 5.78. The lowest BCUT2D eigenvalue weighted by molar-refractivity contribution is 0.0815. The summed E-state index contributed by atoms with van der Waals surface area (Å²) in [7, 11) is 0. The number of aliphatic hydroxyl groups is 1. The second-order valence-electron chi connectivity index (χ2n) is 3.67. The minimum absolute atomic E-state index is 0.0874. The molecule has 14 heavy (non-hydrogen) atoms. The molecule has 0 fully saturated rings. The van der Waals surface area contributed by atoms with Gasteiger partial charge in [-0.15, -0.1) is 0 Å². The summed E-state index contributed by atoms with van der Waals surface area (Å²) < 4.78 is 5.22. The topological polar surface area (TPSA) is 29.5 Å². The highest BCUT2D eigenvalue weighted by Crippen LogP contribution is 2.14. The summed E-state index contributed by atoms with van der Waals surface area (Å²) in [6.07, 6.45) is 0. The van der Waals surface area contributed by atoms with E-state index in [1.165, 1.54) is 5.56 Å². The Bertz CT molecular complexity index is 252. The molecule has 1 rings (SSSR count). The molecule has 1 N–H and O–H groups in total. The van der Waals surface area contributed by atoms with E-state index in [0.29, 0.717) is 19.1 Å². The van der Waals surface area contributed by atoms with Gasteiger partial charge in [0.25, 0.3) is 0 Å². The molecule has 2 heteroatoms. The molecular weight excluding hydrogens is 176 g/mol. The first-order chi connectivity index (χ1) is 6.74. The molecule has 1 aromatic rings. The predicted octanol–water partition coefficient (Wildman–Crippen LogP) is 2.32. The molecule has 0 aliphatic carbocycles. The van der Waals surface area contributed by atoms with Gasteiger partial charge in [0, 0.05) is 0 Å². The number of hydrogen-bond acceptors (Lipinski definition) is 2. The van der Waals surface area contributed by atoms with E-state index in [9.17, 15) is 0 Å². The Morgan fingerprint density at radius 1 is 1.21 bits per heavy atom. The zero-order valence-corrected chi connectivity index (χ0v) is 8.86. The first kappa shape index (κ1) is 11.2. The molecule has 0 saturated carbocycles. The minimum atomic E-state index is 0.0874. The molecule has 0 aromatic heterocycles. The molecule has 0 aliphatic heterocycles. The largest absolute Gasteiger partial charge is 0.394 e. The molecule has 0 unspecified atom stereocenters. The van der Waals surface area contributed by atoms with Crippen LogP contribution in [0.3, 0.4) is 0 Å². The van der Waals surface area contributed by atoms with Crippen molar-refractivity contribution in [2.75, 3.05) is 13.2 Å². The van der Waals surface area contributed by atoms with Crippen molar-refractivity contribution < 1.29 is 9.84 Å². The normalized spacial score (nSPS) is 10.9. The van der Waals surface area contributed by atoms with Crippen LogP contribution in [0.25, 0.3) is 0 Å². The molecular formula is C12H18O2. The van der Waals surface area contributed by atoms with Crippen LogP contribution in [0.15, 0.2) is 24.3 Å². The van der Waals surface area contributed by atoms with Crippen LogP contribution in [-0.2, 0) is 11.3 Å². The Labute approximate surface area is 85.5 Å². The highest BCUT2D eigenvalue weighted by atomic mass is 16.5. The van der Waals surface area contributed by atoms with Crippen molar-refractivity contribution in [2.24, 2.45) is 0 Å². The standard InChI is InChI=1S/C12H18O2/c1-10(2)12-5-3-11(4-6-12)9-14-8-7-13/h3-6,10,13H,7-9H2,1-2H3. The summed E-state index contributed by atoms with van der Waals surface area (Å²) in [6, 6.07) is 8.41. The maximum Gasteiger partial charge on any atom is 0.0718 e. The lowest BCUT2D eigenvalue weighted by atomic mass is 10.0. The van der Waals surface area contributed by atoms with E-state index in [0.717, 1.165) is 5.56 Å². The van der Waals surface area contributed by atoms with Gasteiger partial charge in [-0.25, -0.2) is 0 Å². The quantitative estimate of drug-likeness (QED) is 0.729. The fourth-order valence-electron chi connectivity index (χ4n) is 1.25. The summed E-state index contributed by atoms with van der Waals surface area (Å²) in [4.78, 5) is 0. The van der Waals surface area contributed by atoms with Gasteiger partial charge in [0.15, 0.2) is 0 Å². The van der Waals surface area contributed by atoms with Gasteiger partial charge in [0.1, 0.15) is 0 Å². The van der Waals surface area contributed by atoms with Gasteiger partial charge in [-0.1, -0.05) is 38.1 Å². The maximum atomic E-state index is 8.54. The number of rotatable bonds is 5. The Morgan fingerprint density at radius 3 is 2.36 bits per heavy atom. The van der Waals surface area contributed by atoms with Crippen LogP contribution in [0, 0.1) is 0 Å². The van der Waals surface area contributed by atoms with Gasteiger partial charge in [-0.3, -0.25) is 0 Å². The molecule has 0 spiro atoms. The first-order valence-corrected chi connectivity index (χ1v) is 5.01. The third-order valence-corrected chi connectivity index (χ3v) is 2.15. The lowest BCUT2D eigenvalue weighted by Gasteiger charge is -2.07. The number of hydrogen-bond donors (Lipinski definition) is 1. The van der Waals surface area contributed by atoms with E-state index in [1.807, 2.05) is 0 Å². The zero-order chi connectivity index (χ0) is 10.4. The Hall–Kier alpha value is -0.860. The van der Waals surface area contributed by atoms with E-state index < -0.39 is 0 Å². The van der Waals surface area contributed by atoms with Crippen LogP contribution in [-0.4, -0.2) is 18.3 Å². The molecule has 0 atom stereocenters. The summed E-state index contributed by atoms with van der Waals surface area (Å²) in [6.45, 7) is 5.43. The number of ether oxygens (including phenoxy) is 1. The average Bonchev–Trinajstić information content (AvgIpc) is 2.19. The van der Waals surface area contributed by atoms with Gasteiger partial charge in [-0.05, 0) is 17.0 Å².